The van der Waals surface area contributed by atoms with E-state index in [0.29, 0.717) is 22.2 Å². The first-order valence-electron chi connectivity index (χ1n) is 7.32. The van der Waals surface area contributed by atoms with Gasteiger partial charge in [-0.1, -0.05) is 15.9 Å². The molecule has 0 aliphatic rings. The summed E-state index contributed by atoms with van der Waals surface area (Å²) < 4.78 is 7.68. The molecule has 0 bridgehead atoms. The minimum atomic E-state index is -0.142. The molecule has 0 amide bonds. The zero-order chi connectivity index (χ0) is 17.3. The minimum absolute atomic E-state index is 0.0354. The molecule has 0 atom stereocenters. The van der Waals surface area contributed by atoms with Crippen LogP contribution in [0, 0.1) is 0 Å². The molecule has 0 N–H and O–H groups in total. The Balaban J connectivity index is 2.10. The SMILES string of the molecule is COc1ccc(C(C)=O)cc1Cn1cnc2ccc(Br)cc2c1=O. The van der Waals surface area contributed by atoms with Crippen LogP contribution in [0.4, 0.5) is 0 Å². The number of benzene rings is 2. The predicted octanol–water partition coefficient (Wildman–Crippen LogP) is 3.42. The van der Waals surface area contributed by atoms with Crippen LogP contribution < -0.4 is 10.3 Å². The van der Waals surface area contributed by atoms with Gasteiger partial charge in [0.25, 0.3) is 5.56 Å². The molecule has 1 aromatic heterocycles. The maximum absolute atomic E-state index is 12.7. The van der Waals surface area contributed by atoms with Gasteiger partial charge in [-0.25, -0.2) is 4.98 Å². The third-order valence-corrected chi connectivity index (χ3v) is 4.31. The zero-order valence-corrected chi connectivity index (χ0v) is 14.8. The van der Waals surface area contributed by atoms with Crippen LogP contribution >= 0.6 is 15.9 Å². The van der Waals surface area contributed by atoms with E-state index in [1.54, 1.807) is 37.4 Å². The highest BCUT2D eigenvalue weighted by molar-refractivity contribution is 9.10. The molecular formula is C18H15BrN2O3. The molecule has 0 saturated carbocycles. The topological polar surface area (TPSA) is 61.2 Å². The Hall–Kier alpha value is -2.47. The van der Waals surface area contributed by atoms with Crippen molar-refractivity contribution in [2.45, 2.75) is 13.5 Å². The Kier molecular flexibility index (Phi) is 4.49. The summed E-state index contributed by atoms with van der Waals surface area (Å²) in [5.41, 5.74) is 1.83. The maximum atomic E-state index is 12.7. The van der Waals surface area contributed by atoms with Crippen molar-refractivity contribution in [2.75, 3.05) is 7.11 Å². The lowest BCUT2D eigenvalue weighted by molar-refractivity contribution is 0.101. The Morgan fingerprint density at radius 1 is 1.25 bits per heavy atom. The lowest BCUT2D eigenvalue weighted by atomic mass is 10.1. The molecule has 0 radical (unpaired) electrons. The maximum Gasteiger partial charge on any atom is 0.261 e. The summed E-state index contributed by atoms with van der Waals surface area (Å²) in [6.07, 6.45) is 1.51. The van der Waals surface area contributed by atoms with E-state index in [1.165, 1.54) is 17.8 Å². The summed E-state index contributed by atoms with van der Waals surface area (Å²) in [4.78, 5) is 28.6. The second-order valence-electron chi connectivity index (χ2n) is 5.42. The van der Waals surface area contributed by atoms with Gasteiger partial charge < -0.3 is 4.74 Å². The van der Waals surface area contributed by atoms with Crippen LogP contribution in [0.1, 0.15) is 22.8 Å². The zero-order valence-electron chi connectivity index (χ0n) is 13.2. The molecule has 0 aliphatic carbocycles. The summed E-state index contributed by atoms with van der Waals surface area (Å²) in [7, 11) is 1.56. The molecule has 0 unspecified atom stereocenters. The van der Waals surface area contributed by atoms with Gasteiger partial charge in [-0.2, -0.15) is 0 Å². The van der Waals surface area contributed by atoms with Crippen molar-refractivity contribution < 1.29 is 9.53 Å². The fourth-order valence-electron chi connectivity index (χ4n) is 2.55. The Morgan fingerprint density at radius 3 is 2.75 bits per heavy atom. The molecule has 24 heavy (non-hydrogen) atoms. The highest BCUT2D eigenvalue weighted by atomic mass is 79.9. The smallest absolute Gasteiger partial charge is 0.261 e. The first-order valence-corrected chi connectivity index (χ1v) is 8.11. The average molecular weight is 387 g/mol. The van der Waals surface area contributed by atoms with Gasteiger partial charge in [0.05, 0.1) is 30.9 Å². The molecular weight excluding hydrogens is 372 g/mol. The third kappa shape index (κ3) is 3.10. The largest absolute Gasteiger partial charge is 0.496 e. The molecule has 3 aromatic rings. The average Bonchev–Trinajstić information content (AvgIpc) is 2.57. The standard InChI is InChI=1S/C18H15BrN2O3/c1-11(22)12-3-6-17(24-2)13(7-12)9-21-10-20-16-5-4-14(19)8-15(16)18(21)23/h3-8,10H,9H2,1-2H3. The van der Waals surface area contributed by atoms with Crippen LogP contribution in [0.3, 0.4) is 0 Å². The van der Waals surface area contributed by atoms with E-state index in [0.717, 1.165) is 10.0 Å². The summed E-state index contributed by atoms with van der Waals surface area (Å²) in [6, 6.07) is 10.6. The fourth-order valence-corrected chi connectivity index (χ4v) is 2.91. The molecule has 0 saturated heterocycles. The van der Waals surface area contributed by atoms with Crippen LogP contribution in [-0.2, 0) is 6.54 Å². The number of aromatic nitrogens is 2. The Labute approximate surface area is 147 Å². The molecule has 3 rings (SSSR count). The van der Waals surface area contributed by atoms with Gasteiger partial charge in [-0.15, -0.1) is 0 Å². The Morgan fingerprint density at radius 2 is 2.04 bits per heavy atom. The predicted molar refractivity (Wildman–Crippen MR) is 95.8 cm³/mol. The third-order valence-electron chi connectivity index (χ3n) is 3.81. The first kappa shape index (κ1) is 16.4. The molecule has 5 nitrogen and oxygen atoms in total. The van der Waals surface area contributed by atoms with Crippen LogP contribution in [-0.4, -0.2) is 22.4 Å². The number of methoxy groups -OCH3 is 1. The van der Waals surface area contributed by atoms with Crippen molar-refractivity contribution in [3.05, 3.63) is 68.7 Å². The molecule has 122 valence electrons. The number of rotatable bonds is 4. The second kappa shape index (κ2) is 6.57. The number of fused-ring (bicyclic) bond motifs is 1. The van der Waals surface area contributed by atoms with E-state index >= 15 is 0 Å². The van der Waals surface area contributed by atoms with E-state index in [-0.39, 0.29) is 17.9 Å². The number of nitrogens with zero attached hydrogens (tertiary/aromatic N) is 2. The monoisotopic (exact) mass is 386 g/mol. The van der Waals surface area contributed by atoms with Crippen molar-refractivity contribution in [3.63, 3.8) is 0 Å². The van der Waals surface area contributed by atoms with Crippen LogP contribution in [0.5, 0.6) is 5.75 Å². The first-order chi connectivity index (χ1) is 11.5. The number of ether oxygens (including phenoxy) is 1. The van der Waals surface area contributed by atoms with E-state index in [1.807, 2.05) is 6.07 Å². The van der Waals surface area contributed by atoms with Gasteiger partial charge in [-0.05, 0) is 43.3 Å². The van der Waals surface area contributed by atoms with Crippen LogP contribution in [0.2, 0.25) is 0 Å². The van der Waals surface area contributed by atoms with E-state index in [9.17, 15) is 9.59 Å². The number of ketones is 1. The molecule has 0 aliphatic heterocycles. The van der Waals surface area contributed by atoms with Crippen molar-refractivity contribution in [2.24, 2.45) is 0 Å². The number of hydrogen-bond donors (Lipinski definition) is 0. The van der Waals surface area contributed by atoms with Crippen molar-refractivity contribution in [1.29, 1.82) is 0 Å². The number of carbonyl (C=O) groups is 1. The van der Waals surface area contributed by atoms with Gasteiger partial charge in [-0.3, -0.25) is 14.2 Å². The summed E-state index contributed by atoms with van der Waals surface area (Å²) in [6.45, 7) is 1.78. The van der Waals surface area contributed by atoms with Gasteiger partial charge in [0.15, 0.2) is 5.78 Å². The fraction of sp³-hybridized carbons (Fsp3) is 0.167. The van der Waals surface area contributed by atoms with Gasteiger partial charge in [0.1, 0.15) is 5.75 Å². The van der Waals surface area contributed by atoms with Gasteiger partial charge >= 0.3 is 0 Å². The molecule has 0 fully saturated rings. The number of hydrogen-bond acceptors (Lipinski definition) is 4. The second-order valence-corrected chi connectivity index (χ2v) is 6.34. The van der Waals surface area contributed by atoms with Crippen molar-refractivity contribution in [1.82, 2.24) is 9.55 Å². The number of carbonyl (C=O) groups excluding carboxylic acids is 1. The van der Waals surface area contributed by atoms with Crippen LogP contribution in [0.25, 0.3) is 10.9 Å². The van der Waals surface area contributed by atoms with E-state index in [2.05, 4.69) is 20.9 Å². The highest BCUT2D eigenvalue weighted by Crippen LogP contribution is 2.21. The Bertz CT molecular complexity index is 995. The van der Waals surface area contributed by atoms with Gasteiger partial charge in [0.2, 0.25) is 0 Å². The lowest BCUT2D eigenvalue weighted by Crippen LogP contribution is -2.21. The van der Waals surface area contributed by atoms with Crippen molar-refractivity contribution in [3.8, 4) is 5.75 Å². The van der Waals surface area contributed by atoms with Gasteiger partial charge in [0, 0.05) is 15.6 Å². The number of halogens is 1. The molecule has 6 heteroatoms. The summed E-state index contributed by atoms with van der Waals surface area (Å²) in [5.74, 6) is 0.591. The summed E-state index contributed by atoms with van der Waals surface area (Å²) >= 11 is 3.37. The normalized spacial score (nSPS) is 10.8. The van der Waals surface area contributed by atoms with E-state index in [4.69, 9.17) is 4.74 Å². The highest BCUT2D eigenvalue weighted by Gasteiger charge is 2.11. The minimum Gasteiger partial charge on any atom is -0.496 e. The number of Topliss-reactive ketones (excluding diaryl/α,β-unsaturated/α-hetero) is 1. The molecule has 0 spiro atoms. The molecule has 2 aromatic carbocycles. The summed E-state index contributed by atoms with van der Waals surface area (Å²) in [5, 5.41) is 0.536. The van der Waals surface area contributed by atoms with E-state index < -0.39 is 0 Å². The van der Waals surface area contributed by atoms with Crippen molar-refractivity contribution >= 4 is 32.6 Å². The molecule has 1 heterocycles. The quantitative estimate of drug-likeness (QED) is 0.644. The lowest BCUT2D eigenvalue weighted by Gasteiger charge is -2.12. The van der Waals surface area contributed by atoms with Crippen LogP contribution in [0.15, 0.2) is 52.0 Å².